The van der Waals surface area contributed by atoms with Gasteiger partial charge < -0.3 is 14.7 Å². The summed E-state index contributed by atoms with van der Waals surface area (Å²) in [5.41, 5.74) is 3.57. The van der Waals surface area contributed by atoms with Gasteiger partial charge in [-0.1, -0.05) is 49.1 Å². The van der Waals surface area contributed by atoms with Crippen molar-refractivity contribution >= 4 is 34.8 Å². The number of hydrogen-bond acceptors (Lipinski definition) is 3. The first-order chi connectivity index (χ1) is 16.5. The normalized spacial score (nSPS) is 18.0. The molecule has 2 aromatic carbocycles. The number of rotatable bonds is 2. The van der Waals surface area contributed by atoms with E-state index >= 15 is 0 Å². The Balaban J connectivity index is 1.64. The minimum absolute atomic E-state index is 0.0242. The summed E-state index contributed by atoms with van der Waals surface area (Å²) in [6.07, 6.45) is 8.85. The molecule has 0 aliphatic carbocycles. The van der Waals surface area contributed by atoms with Crippen molar-refractivity contribution in [2.45, 2.75) is 64.8 Å². The number of para-hydroxylation sites is 1. The van der Waals surface area contributed by atoms with Gasteiger partial charge in [0.2, 0.25) is 5.91 Å². The molecule has 4 rings (SSSR count). The molecular formula is C28H36ClN3O2. The van der Waals surface area contributed by atoms with E-state index in [1.807, 2.05) is 52.3 Å². The van der Waals surface area contributed by atoms with Crippen molar-refractivity contribution in [3.05, 3.63) is 58.6 Å². The Morgan fingerprint density at radius 3 is 2.18 bits per heavy atom. The molecule has 182 valence electrons. The van der Waals surface area contributed by atoms with Crippen LogP contribution in [-0.2, 0) is 11.3 Å². The lowest BCUT2D eigenvalue weighted by molar-refractivity contribution is -0.116. The van der Waals surface area contributed by atoms with Crippen LogP contribution in [0.4, 0.5) is 11.4 Å². The number of carbonyl (C=O) groups is 2. The Hall–Kier alpha value is -2.53. The van der Waals surface area contributed by atoms with Gasteiger partial charge in [0.1, 0.15) is 0 Å². The summed E-state index contributed by atoms with van der Waals surface area (Å²) in [6, 6.07) is 13.7. The van der Waals surface area contributed by atoms with Crippen molar-refractivity contribution in [3.8, 4) is 0 Å². The molecule has 1 saturated heterocycles. The molecule has 0 radical (unpaired) electrons. The van der Waals surface area contributed by atoms with Crippen LogP contribution in [0.2, 0.25) is 5.02 Å². The summed E-state index contributed by atoms with van der Waals surface area (Å²) < 4.78 is 0. The zero-order chi connectivity index (χ0) is 23.9. The standard InChI is InChI=1S/C28H36ClN3O2/c1-22(33)32-19-11-4-2-3-8-18-31(21-24-12-6-7-13-26(24)32)28(34)23-14-15-25(29)27(20-23)30-16-9-5-10-17-30/h6-7,12-15,20H,2-5,8-11,16-19,21H2,1H3. The largest absolute Gasteiger partial charge is 0.370 e. The van der Waals surface area contributed by atoms with Crippen LogP contribution in [0.3, 0.4) is 0 Å². The van der Waals surface area contributed by atoms with Crippen LogP contribution in [-0.4, -0.2) is 42.9 Å². The fourth-order valence-corrected chi connectivity index (χ4v) is 5.36. The van der Waals surface area contributed by atoms with E-state index in [1.165, 1.54) is 6.42 Å². The fraction of sp³-hybridized carbons (Fsp3) is 0.500. The van der Waals surface area contributed by atoms with Gasteiger partial charge in [-0.2, -0.15) is 0 Å². The van der Waals surface area contributed by atoms with Gasteiger partial charge in [-0.25, -0.2) is 0 Å². The average molecular weight is 482 g/mol. The van der Waals surface area contributed by atoms with Gasteiger partial charge >= 0.3 is 0 Å². The van der Waals surface area contributed by atoms with Crippen molar-refractivity contribution in [3.63, 3.8) is 0 Å². The molecule has 0 saturated carbocycles. The molecule has 2 aliphatic heterocycles. The minimum Gasteiger partial charge on any atom is -0.370 e. The van der Waals surface area contributed by atoms with E-state index in [9.17, 15) is 9.59 Å². The van der Waals surface area contributed by atoms with Gasteiger partial charge in [0.25, 0.3) is 5.91 Å². The molecule has 0 bridgehead atoms. The highest BCUT2D eigenvalue weighted by molar-refractivity contribution is 6.33. The third-order valence-electron chi connectivity index (χ3n) is 7.01. The molecule has 5 nitrogen and oxygen atoms in total. The van der Waals surface area contributed by atoms with E-state index in [2.05, 4.69) is 4.90 Å². The van der Waals surface area contributed by atoms with Crippen LogP contribution < -0.4 is 9.80 Å². The first kappa shape index (κ1) is 24.6. The molecule has 2 amide bonds. The minimum atomic E-state index is 0.0242. The molecule has 0 atom stereocenters. The molecule has 34 heavy (non-hydrogen) atoms. The van der Waals surface area contributed by atoms with Crippen molar-refractivity contribution in [1.29, 1.82) is 0 Å². The van der Waals surface area contributed by atoms with Crippen LogP contribution in [0.15, 0.2) is 42.5 Å². The lowest BCUT2D eigenvalue weighted by Crippen LogP contribution is -2.35. The van der Waals surface area contributed by atoms with Crippen LogP contribution in [0.5, 0.6) is 0 Å². The Morgan fingerprint density at radius 1 is 0.765 bits per heavy atom. The van der Waals surface area contributed by atoms with Crippen LogP contribution in [0.25, 0.3) is 0 Å². The maximum Gasteiger partial charge on any atom is 0.254 e. The molecule has 0 N–H and O–H groups in total. The maximum absolute atomic E-state index is 13.8. The second-order valence-electron chi connectivity index (χ2n) is 9.51. The van der Waals surface area contributed by atoms with E-state index in [0.717, 1.165) is 81.5 Å². The molecule has 0 spiro atoms. The zero-order valence-electron chi connectivity index (χ0n) is 20.3. The highest BCUT2D eigenvalue weighted by Crippen LogP contribution is 2.31. The summed E-state index contributed by atoms with van der Waals surface area (Å²) in [7, 11) is 0. The van der Waals surface area contributed by atoms with E-state index in [0.29, 0.717) is 23.7 Å². The third kappa shape index (κ3) is 5.93. The predicted octanol–water partition coefficient (Wildman–Crippen LogP) is 6.29. The lowest BCUT2D eigenvalue weighted by Gasteiger charge is -2.31. The van der Waals surface area contributed by atoms with E-state index in [4.69, 9.17) is 11.6 Å². The summed E-state index contributed by atoms with van der Waals surface area (Å²) >= 11 is 6.55. The molecule has 6 heteroatoms. The molecular weight excluding hydrogens is 446 g/mol. The van der Waals surface area contributed by atoms with Gasteiger partial charge in [-0.05, 0) is 61.9 Å². The van der Waals surface area contributed by atoms with Gasteiger partial charge in [0, 0.05) is 50.9 Å². The quantitative estimate of drug-likeness (QED) is 0.506. The summed E-state index contributed by atoms with van der Waals surface area (Å²) in [6.45, 7) is 5.50. The average Bonchev–Trinajstić information content (AvgIpc) is 2.84. The number of nitrogens with zero attached hydrogens (tertiary/aromatic N) is 3. The molecule has 2 aromatic rings. The van der Waals surface area contributed by atoms with Crippen LogP contribution in [0.1, 0.15) is 74.2 Å². The summed E-state index contributed by atoms with van der Waals surface area (Å²) in [5, 5.41) is 0.703. The van der Waals surface area contributed by atoms with Gasteiger partial charge in [0.15, 0.2) is 0 Å². The number of fused-ring (bicyclic) bond motifs is 1. The lowest BCUT2D eigenvalue weighted by atomic mass is 10.1. The first-order valence-electron chi connectivity index (χ1n) is 12.7. The zero-order valence-corrected chi connectivity index (χ0v) is 21.0. The Bertz CT molecular complexity index is 1000. The first-order valence-corrected chi connectivity index (χ1v) is 13.1. The Morgan fingerprint density at radius 2 is 1.41 bits per heavy atom. The van der Waals surface area contributed by atoms with Crippen LogP contribution in [0, 0.1) is 0 Å². The van der Waals surface area contributed by atoms with Gasteiger partial charge in [0.05, 0.1) is 10.7 Å². The molecule has 2 aliphatic rings. The number of piperidine rings is 1. The number of hydrogen-bond donors (Lipinski definition) is 0. The van der Waals surface area contributed by atoms with Crippen molar-refractivity contribution < 1.29 is 9.59 Å². The fourth-order valence-electron chi connectivity index (χ4n) is 5.12. The second kappa shape index (κ2) is 11.7. The smallest absolute Gasteiger partial charge is 0.254 e. The van der Waals surface area contributed by atoms with Crippen LogP contribution >= 0.6 is 11.6 Å². The topological polar surface area (TPSA) is 43.9 Å². The number of halogens is 1. The van der Waals surface area contributed by atoms with E-state index < -0.39 is 0 Å². The molecule has 2 heterocycles. The number of anilines is 2. The van der Waals surface area contributed by atoms with E-state index in [-0.39, 0.29) is 11.8 Å². The second-order valence-corrected chi connectivity index (χ2v) is 9.91. The van der Waals surface area contributed by atoms with Gasteiger partial charge in [-0.15, -0.1) is 0 Å². The highest BCUT2D eigenvalue weighted by Gasteiger charge is 2.23. The van der Waals surface area contributed by atoms with E-state index in [1.54, 1.807) is 6.92 Å². The number of benzene rings is 2. The molecule has 0 unspecified atom stereocenters. The Kier molecular flexibility index (Phi) is 8.49. The third-order valence-corrected chi connectivity index (χ3v) is 7.33. The monoisotopic (exact) mass is 481 g/mol. The number of amides is 2. The molecule has 0 aromatic heterocycles. The van der Waals surface area contributed by atoms with Gasteiger partial charge in [-0.3, -0.25) is 9.59 Å². The van der Waals surface area contributed by atoms with Crippen molar-refractivity contribution in [1.82, 2.24) is 4.90 Å². The van der Waals surface area contributed by atoms with Crippen molar-refractivity contribution in [2.75, 3.05) is 36.0 Å². The SMILES string of the molecule is CC(=O)N1CCCCCCCN(C(=O)c2ccc(Cl)c(N3CCCCC3)c2)Cc2ccccc21. The summed E-state index contributed by atoms with van der Waals surface area (Å²) in [5.74, 6) is 0.0717. The van der Waals surface area contributed by atoms with Crippen molar-refractivity contribution in [2.24, 2.45) is 0 Å². The Labute approximate surface area is 208 Å². The highest BCUT2D eigenvalue weighted by atomic mass is 35.5. The predicted molar refractivity (Wildman–Crippen MR) is 140 cm³/mol. The molecule has 1 fully saturated rings. The number of carbonyl (C=O) groups excluding carboxylic acids is 2. The maximum atomic E-state index is 13.8. The summed E-state index contributed by atoms with van der Waals surface area (Å²) in [4.78, 5) is 32.4.